The van der Waals surface area contributed by atoms with E-state index in [1.807, 2.05) is 24.3 Å². The van der Waals surface area contributed by atoms with E-state index >= 15 is 0 Å². The van der Waals surface area contributed by atoms with Gasteiger partial charge in [-0.25, -0.2) is 4.39 Å². The van der Waals surface area contributed by atoms with Crippen molar-refractivity contribution in [3.63, 3.8) is 0 Å². The average molecular weight is 258 g/mol. The minimum absolute atomic E-state index is 0.188. The molecule has 0 N–H and O–H groups in total. The molecule has 1 aliphatic rings. The monoisotopic (exact) mass is 258 g/mol. The van der Waals surface area contributed by atoms with Gasteiger partial charge >= 0.3 is 0 Å². The Hall–Kier alpha value is -1.77. The zero-order valence-corrected chi connectivity index (χ0v) is 11.4. The van der Waals surface area contributed by atoms with E-state index in [1.54, 1.807) is 19.2 Å². The Balaban J connectivity index is 2.08. The van der Waals surface area contributed by atoms with Crippen molar-refractivity contribution < 1.29 is 4.39 Å². The third-order valence-electron chi connectivity index (χ3n) is 3.35. The van der Waals surface area contributed by atoms with E-state index in [1.165, 1.54) is 6.08 Å². The standard InChI is InChI=1S/C16H19FN2/c1-3-14(17)8-7-13-10-12(2)16(19-11-13)15-6-4-5-9-18-15/h3-9,12-13H,10-11H2,1-2H3/b8-7-,14-3+. The van der Waals surface area contributed by atoms with Crippen LogP contribution in [-0.4, -0.2) is 17.2 Å². The zero-order valence-electron chi connectivity index (χ0n) is 11.4. The summed E-state index contributed by atoms with van der Waals surface area (Å²) in [6.45, 7) is 4.56. The summed E-state index contributed by atoms with van der Waals surface area (Å²) in [6, 6.07) is 5.87. The van der Waals surface area contributed by atoms with E-state index in [0.29, 0.717) is 18.4 Å². The molecule has 0 spiro atoms. The second-order valence-electron chi connectivity index (χ2n) is 4.87. The lowest BCUT2D eigenvalue weighted by atomic mass is 9.87. The molecule has 100 valence electrons. The Labute approximate surface area is 113 Å². The van der Waals surface area contributed by atoms with Crippen molar-refractivity contribution in [1.29, 1.82) is 0 Å². The Morgan fingerprint density at radius 2 is 2.26 bits per heavy atom. The van der Waals surface area contributed by atoms with Crippen LogP contribution in [0.5, 0.6) is 0 Å². The molecular weight excluding hydrogens is 239 g/mol. The maximum Gasteiger partial charge on any atom is 0.118 e. The molecule has 2 nitrogen and oxygen atoms in total. The van der Waals surface area contributed by atoms with Gasteiger partial charge in [0.25, 0.3) is 0 Å². The first-order valence-electron chi connectivity index (χ1n) is 6.66. The zero-order chi connectivity index (χ0) is 13.7. The molecule has 19 heavy (non-hydrogen) atoms. The highest BCUT2D eigenvalue weighted by Crippen LogP contribution is 2.24. The summed E-state index contributed by atoms with van der Waals surface area (Å²) < 4.78 is 13.1. The van der Waals surface area contributed by atoms with Crippen molar-refractivity contribution in [1.82, 2.24) is 4.98 Å². The van der Waals surface area contributed by atoms with Gasteiger partial charge in [-0.2, -0.15) is 0 Å². The lowest BCUT2D eigenvalue weighted by Crippen LogP contribution is -2.24. The van der Waals surface area contributed by atoms with Crippen LogP contribution in [-0.2, 0) is 0 Å². The van der Waals surface area contributed by atoms with Crippen LogP contribution < -0.4 is 0 Å². The second-order valence-corrected chi connectivity index (χ2v) is 4.87. The summed E-state index contributed by atoms with van der Waals surface area (Å²) in [5, 5.41) is 0. The molecule has 0 bridgehead atoms. The molecule has 0 saturated carbocycles. The SMILES string of the molecule is C/C=C(F)\C=C/C1CN=C(c2ccccn2)C(C)C1. The van der Waals surface area contributed by atoms with Crippen LogP contribution in [0.25, 0.3) is 0 Å². The van der Waals surface area contributed by atoms with E-state index in [2.05, 4.69) is 16.9 Å². The van der Waals surface area contributed by atoms with Gasteiger partial charge in [0.1, 0.15) is 5.83 Å². The smallest absolute Gasteiger partial charge is 0.118 e. The number of rotatable bonds is 3. The summed E-state index contributed by atoms with van der Waals surface area (Å²) in [4.78, 5) is 8.97. The summed E-state index contributed by atoms with van der Waals surface area (Å²) in [6.07, 6.45) is 7.70. The Morgan fingerprint density at radius 1 is 1.42 bits per heavy atom. The van der Waals surface area contributed by atoms with Crippen molar-refractivity contribution in [3.05, 3.63) is 54.1 Å². The van der Waals surface area contributed by atoms with Gasteiger partial charge in [-0.05, 0) is 37.5 Å². The van der Waals surface area contributed by atoms with E-state index < -0.39 is 0 Å². The van der Waals surface area contributed by atoms with E-state index in [0.717, 1.165) is 17.8 Å². The van der Waals surface area contributed by atoms with Gasteiger partial charge in [0.2, 0.25) is 0 Å². The van der Waals surface area contributed by atoms with Crippen LogP contribution in [0.3, 0.4) is 0 Å². The molecule has 0 aliphatic carbocycles. The maximum absolute atomic E-state index is 13.1. The van der Waals surface area contributed by atoms with Crippen molar-refractivity contribution in [2.45, 2.75) is 20.3 Å². The summed E-state index contributed by atoms with van der Waals surface area (Å²) in [5.41, 5.74) is 2.02. The van der Waals surface area contributed by atoms with Crippen molar-refractivity contribution in [2.75, 3.05) is 6.54 Å². The number of halogens is 1. The highest BCUT2D eigenvalue weighted by atomic mass is 19.1. The molecule has 1 aromatic rings. The lowest BCUT2D eigenvalue weighted by molar-refractivity contribution is 0.507. The molecule has 0 saturated heterocycles. The van der Waals surface area contributed by atoms with Gasteiger partial charge in [0.05, 0.1) is 11.4 Å². The average Bonchev–Trinajstić information content (AvgIpc) is 2.45. The Morgan fingerprint density at radius 3 is 2.89 bits per heavy atom. The van der Waals surface area contributed by atoms with Gasteiger partial charge in [-0.1, -0.05) is 25.1 Å². The molecule has 2 rings (SSSR count). The van der Waals surface area contributed by atoms with Gasteiger partial charge in [0.15, 0.2) is 0 Å². The van der Waals surface area contributed by atoms with E-state index in [-0.39, 0.29) is 5.83 Å². The summed E-state index contributed by atoms with van der Waals surface area (Å²) >= 11 is 0. The van der Waals surface area contributed by atoms with Crippen LogP contribution in [0.2, 0.25) is 0 Å². The number of allylic oxidation sites excluding steroid dienone is 3. The number of nitrogens with zero attached hydrogens (tertiary/aromatic N) is 2. The molecule has 2 heterocycles. The second kappa shape index (κ2) is 6.41. The molecule has 1 aliphatic heterocycles. The van der Waals surface area contributed by atoms with Crippen LogP contribution in [0.15, 0.2) is 53.4 Å². The van der Waals surface area contributed by atoms with Crippen LogP contribution in [0.1, 0.15) is 26.0 Å². The van der Waals surface area contributed by atoms with E-state index in [4.69, 9.17) is 0 Å². The van der Waals surface area contributed by atoms with E-state index in [9.17, 15) is 4.39 Å². The Kier molecular flexibility index (Phi) is 4.61. The van der Waals surface area contributed by atoms with Gasteiger partial charge in [0, 0.05) is 18.7 Å². The first-order valence-corrected chi connectivity index (χ1v) is 6.66. The molecule has 0 aromatic carbocycles. The predicted octanol–water partition coefficient (Wildman–Crippen LogP) is 3.96. The fraction of sp³-hybridized carbons (Fsp3) is 0.375. The van der Waals surface area contributed by atoms with Crippen LogP contribution in [0.4, 0.5) is 4.39 Å². The fourth-order valence-electron chi connectivity index (χ4n) is 2.32. The fourth-order valence-corrected chi connectivity index (χ4v) is 2.32. The Bertz CT molecular complexity index is 503. The highest BCUT2D eigenvalue weighted by Gasteiger charge is 2.22. The third-order valence-corrected chi connectivity index (χ3v) is 3.35. The number of hydrogen-bond donors (Lipinski definition) is 0. The maximum atomic E-state index is 13.1. The highest BCUT2D eigenvalue weighted by molar-refractivity contribution is 6.00. The first-order chi connectivity index (χ1) is 9.20. The molecule has 3 heteroatoms. The van der Waals surface area contributed by atoms with Crippen molar-refractivity contribution in [2.24, 2.45) is 16.8 Å². The number of pyridine rings is 1. The number of hydrogen-bond acceptors (Lipinski definition) is 2. The topological polar surface area (TPSA) is 25.2 Å². The number of aromatic nitrogens is 1. The summed E-state index contributed by atoms with van der Waals surface area (Å²) in [7, 11) is 0. The number of aliphatic imine (C=N–C) groups is 1. The van der Waals surface area contributed by atoms with Gasteiger partial charge in [-0.3, -0.25) is 9.98 Å². The molecule has 0 radical (unpaired) electrons. The van der Waals surface area contributed by atoms with Crippen molar-refractivity contribution >= 4 is 5.71 Å². The normalized spacial score (nSPS) is 24.6. The first kappa shape index (κ1) is 13.7. The largest absolute Gasteiger partial charge is 0.287 e. The van der Waals surface area contributed by atoms with Crippen LogP contribution in [0, 0.1) is 11.8 Å². The molecular formula is C16H19FN2. The summed E-state index contributed by atoms with van der Waals surface area (Å²) in [5.74, 6) is 0.479. The van der Waals surface area contributed by atoms with Crippen LogP contribution >= 0.6 is 0 Å². The van der Waals surface area contributed by atoms with Gasteiger partial charge < -0.3 is 0 Å². The quantitative estimate of drug-likeness (QED) is 0.753. The molecule has 1 aromatic heterocycles. The molecule has 2 atom stereocenters. The lowest BCUT2D eigenvalue weighted by Gasteiger charge is -2.24. The molecule has 0 amide bonds. The third kappa shape index (κ3) is 3.60. The minimum atomic E-state index is -0.188. The predicted molar refractivity (Wildman–Crippen MR) is 76.9 cm³/mol. The van der Waals surface area contributed by atoms with Gasteiger partial charge in [-0.15, -0.1) is 0 Å². The minimum Gasteiger partial charge on any atom is -0.287 e. The molecule has 2 unspecified atom stereocenters. The van der Waals surface area contributed by atoms with Crippen molar-refractivity contribution in [3.8, 4) is 0 Å². The molecule has 0 fully saturated rings.